The molecule has 1 saturated heterocycles. The van der Waals surface area contributed by atoms with E-state index in [1.54, 1.807) is 6.20 Å². The van der Waals surface area contributed by atoms with E-state index >= 15 is 0 Å². The second-order valence-electron chi connectivity index (χ2n) is 6.55. The Balaban J connectivity index is 1.35. The summed E-state index contributed by atoms with van der Waals surface area (Å²) in [6.07, 6.45) is 3.73. The van der Waals surface area contributed by atoms with E-state index in [0.29, 0.717) is 13.1 Å². The van der Waals surface area contributed by atoms with Crippen LogP contribution in [0.1, 0.15) is 17.4 Å². The first-order valence-corrected chi connectivity index (χ1v) is 8.78. The summed E-state index contributed by atoms with van der Waals surface area (Å²) in [5.74, 6) is 2.46. The van der Waals surface area contributed by atoms with Crippen molar-refractivity contribution in [2.75, 3.05) is 33.0 Å². The van der Waals surface area contributed by atoms with Crippen LogP contribution in [0.4, 0.5) is 0 Å². The van der Waals surface area contributed by atoms with E-state index in [9.17, 15) is 4.79 Å². The van der Waals surface area contributed by atoms with Gasteiger partial charge < -0.3 is 24.7 Å². The van der Waals surface area contributed by atoms with Crippen LogP contribution in [0, 0.1) is 0 Å². The summed E-state index contributed by atoms with van der Waals surface area (Å²) in [5, 5.41) is 6.38. The van der Waals surface area contributed by atoms with Gasteiger partial charge in [-0.1, -0.05) is 6.07 Å². The van der Waals surface area contributed by atoms with Gasteiger partial charge in [0, 0.05) is 45.6 Å². The summed E-state index contributed by atoms with van der Waals surface area (Å²) in [7, 11) is 1.98. The van der Waals surface area contributed by atoms with Crippen LogP contribution in [-0.2, 0) is 18.4 Å². The third-order valence-corrected chi connectivity index (χ3v) is 4.78. The summed E-state index contributed by atoms with van der Waals surface area (Å²) in [4.78, 5) is 19.1. The number of piperazine rings is 1. The molecular weight excluding hydrogens is 334 g/mol. The first kappa shape index (κ1) is 16.9. The van der Waals surface area contributed by atoms with Crippen molar-refractivity contribution >= 4 is 5.91 Å². The fourth-order valence-corrected chi connectivity index (χ4v) is 3.38. The summed E-state index contributed by atoms with van der Waals surface area (Å²) >= 11 is 0. The second kappa shape index (κ2) is 7.35. The first-order valence-electron chi connectivity index (χ1n) is 8.78. The molecule has 1 unspecified atom stereocenters. The lowest BCUT2D eigenvalue weighted by Crippen LogP contribution is -2.50. The molecule has 0 bridgehead atoms. The zero-order valence-corrected chi connectivity index (χ0v) is 14.8. The van der Waals surface area contributed by atoms with E-state index in [1.165, 1.54) is 0 Å². The van der Waals surface area contributed by atoms with Crippen molar-refractivity contribution in [3.63, 3.8) is 0 Å². The Morgan fingerprint density at radius 1 is 1.38 bits per heavy atom. The Hall–Kier alpha value is -2.58. The molecule has 2 N–H and O–H groups in total. The molecule has 0 radical (unpaired) electrons. The number of ether oxygens (including phenoxy) is 2. The molecule has 1 atom stereocenters. The first-order chi connectivity index (χ1) is 12.7. The average molecular weight is 357 g/mol. The van der Waals surface area contributed by atoms with Crippen LogP contribution in [0.3, 0.4) is 0 Å². The lowest BCUT2D eigenvalue weighted by Gasteiger charge is -2.35. The fraction of sp³-hybridized carbons (Fsp3) is 0.444. The van der Waals surface area contributed by atoms with Gasteiger partial charge in [-0.15, -0.1) is 0 Å². The molecule has 2 aromatic rings. The summed E-state index contributed by atoms with van der Waals surface area (Å²) < 4.78 is 12.7. The van der Waals surface area contributed by atoms with Crippen LogP contribution in [0.15, 0.2) is 30.6 Å². The number of carbonyl (C=O) groups is 1. The van der Waals surface area contributed by atoms with Gasteiger partial charge in [0.15, 0.2) is 11.5 Å². The number of aryl methyl sites for hydroxylation is 1. The average Bonchev–Trinajstić information content (AvgIpc) is 3.28. The number of aromatic nitrogens is 2. The zero-order valence-electron chi connectivity index (χ0n) is 14.8. The Morgan fingerprint density at radius 2 is 2.27 bits per heavy atom. The molecule has 2 aliphatic rings. The highest BCUT2D eigenvalue weighted by molar-refractivity contribution is 5.78. The molecular formula is C18H23N5O3. The maximum Gasteiger partial charge on any atom is 0.234 e. The molecule has 2 aliphatic heterocycles. The quantitative estimate of drug-likeness (QED) is 0.807. The highest BCUT2D eigenvalue weighted by Crippen LogP contribution is 2.32. The minimum atomic E-state index is 0.00350. The van der Waals surface area contributed by atoms with E-state index in [2.05, 4.69) is 20.5 Å². The van der Waals surface area contributed by atoms with Crippen LogP contribution in [0.5, 0.6) is 11.5 Å². The molecule has 3 heterocycles. The van der Waals surface area contributed by atoms with E-state index in [4.69, 9.17) is 9.47 Å². The molecule has 1 fully saturated rings. The highest BCUT2D eigenvalue weighted by atomic mass is 16.7. The van der Waals surface area contributed by atoms with E-state index in [0.717, 1.165) is 42.5 Å². The minimum Gasteiger partial charge on any atom is -0.454 e. The van der Waals surface area contributed by atoms with Gasteiger partial charge in [0.25, 0.3) is 0 Å². The highest BCUT2D eigenvalue weighted by Gasteiger charge is 2.28. The SMILES string of the molecule is Cn1ccnc1C1CNCCN1CC(=O)NCc1ccc2c(c1)OCO2. The smallest absolute Gasteiger partial charge is 0.234 e. The number of nitrogens with zero attached hydrogens (tertiary/aromatic N) is 3. The summed E-state index contributed by atoms with van der Waals surface area (Å²) in [6.45, 7) is 3.55. The Morgan fingerprint density at radius 3 is 3.12 bits per heavy atom. The van der Waals surface area contributed by atoms with Gasteiger partial charge in [0.2, 0.25) is 12.7 Å². The predicted molar refractivity (Wildman–Crippen MR) is 94.8 cm³/mol. The lowest BCUT2D eigenvalue weighted by molar-refractivity contribution is -0.123. The van der Waals surface area contributed by atoms with Crippen molar-refractivity contribution in [2.24, 2.45) is 7.05 Å². The van der Waals surface area contributed by atoms with Gasteiger partial charge in [0.05, 0.1) is 12.6 Å². The third-order valence-electron chi connectivity index (χ3n) is 4.78. The number of rotatable bonds is 5. The normalized spacial score (nSPS) is 19.5. The monoisotopic (exact) mass is 357 g/mol. The Bertz CT molecular complexity index is 791. The van der Waals surface area contributed by atoms with Gasteiger partial charge in [-0.05, 0) is 17.7 Å². The number of nitrogens with one attached hydrogen (secondary N) is 2. The van der Waals surface area contributed by atoms with Crippen LogP contribution in [0.25, 0.3) is 0 Å². The van der Waals surface area contributed by atoms with Gasteiger partial charge in [-0.2, -0.15) is 0 Å². The summed E-state index contributed by atoms with van der Waals surface area (Å²) in [6, 6.07) is 5.82. The van der Waals surface area contributed by atoms with E-state index in [1.807, 2.05) is 36.0 Å². The molecule has 26 heavy (non-hydrogen) atoms. The third kappa shape index (κ3) is 3.51. The maximum absolute atomic E-state index is 12.5. The molecule has 1 amide bonds. The van der Waals surface area contributed by atoms with Crippen LogP contribution >= 0.6 is 0 Å². The van der Waals surface area contributed by atoms with Crippen molar-refractivity contribution in [3.05, 3.63) is 42.0 Å². The van der Waals surface area contributed by atoms with Crippen LogP contribution < -0.4 is 20.1 Å². The molecule has 8 heteroatoms. The topological polar surface area (TPSA) is 80.7 Å². The largest absolute Gasteiger partial charge is 0.454 e. The van der Waals surface area contributed by atoms with E-state index < -0.39 is 0 Å². The predicted octanol–water partition coefficient (Wildman–Crippen LogP) is 0.412. The molecule has 8 nitrogen and oxygen atoms in total. The lowest BCUT2D eigenvalue weighted by atomic mass is 10.1. The number of hydrogen-bond donors (Lipinski definition) is 2. The van der Waals surface area contributed by atoms with Crippen molar-refractivity contribution in [1.82, 2.24) is 25.1 Å². The van der Waals surface area contributed by atoms with Crippen molar-refractivity contribution < 1.29 is 14.3 Å². The number of benzene rings is 1. The van der Waals surface area contributed by atoms with Gasteiger partial charge in [-0.25, -0.2) is 4.98 Å². The number of amides is 1. The molecule has 0 spiro atoms. The standard InChI is InChI=1S/C18H23N5O3/c1-22-6-5-20-18(22)14-10-19-4-7-23(14)11-17(24)21-9-13-2-3-15-16(8-13)26-12-25-15/h2-3,5-6,8,14,19H,4,7,9-12H2,1H3,(H,21,24). The number of fused-ring (bicyclic) bond motifs is 1. The molecule has 1 aromatic heterocycles. The van der Waals surface area contributed by atoms with Crippen molar-refractivity contribution in [2.45, 2.75) is 12.6 Å². The number of imidazole rings is 1. The molecule has 1 aromatic carbocycles. The molecule has 0 aliphatic carbocycles. The second-order valence-corrected chi connectivity index (χ2v) is 6.55. The van der Waals surface area contributed by atoms with Gasteiger partial charge in [-0.3, -0.25) is 9.69 Å². The summed E-state index contributed by atoms with van der Waals surface area (Å²) in [5.41, 5.74) is 0.989. The van der Waals surface area contributed by atoms with Gasteiger partial charge in [0.1, 0.15) is 5.82 Å². The molecule has 0 saturated carbocycles. The van der Waals surface area contributed by atoms with Crippen molar-refractivity contribution in [3.8, 4) is 11.5 Å². The molecule has 138 valence electrons. The van der Waals surface area contributed by atoms with Crippen LogP contribution in [-0.4, -0.2) is 53.3 Å². The van der Waals surface area contributed by atoms with Gasteiger partial charge >= 0.3 is 0 Å². The maximum atomic E-state index is 12.5. The van der Waals surface area contributed by atoms with E-state index in [-0.39, 0.29) is 18.7 Å². The van der Waals surface area contributed by atoms with Crippen LogP contribution in [0.2, 0.25) is 0 Å². The Labute approximate surface area is 152 Å². The number of carbonyl (C=O) groups excluding carboxylic acids is 1. The molecule has 4 rings (SSSR count). The fourth-order valence-electron chi connectivity index (χ4n) is 3.38. The van der Waals surface area contributed by atoms with Crippen molar-refractivity contribution in [1.29, 1.82) is 0 Å². The Kier molecular flexibility index (Phi) is 4.77. The minimum absolute atomic E-state index is 0.00350. The zero-order chi connectivity index (χ0) is 17.9. The number of hydrogen-bond acceptors (Lipinski definition) is 6.